The van der Waals surface area contributed by atoms with E-state index in [4.69, 9.17) is 4.74 Å². The van der Waals surface area contributed by atoms with Crippen LogP contribution < -0.4 is 5.32 Å². The molecule has 20 heavy (non-hydrogen) atoms. The van der Waals surface area contributed by atoms with Gasteiger partial charge in [-0.05, 0) is 36.4 Å². The van der Waals surface area contributed by atoms with E-state index in [0.717, 1.165) is 5.56 Å². The predicted octanol–water partition coefficient (Wildman–Crippen LogP) is 3.62. The predicted molar refractivity (Wildman–Crippen MR) is 81.8 cm³/mol. The van der Waals surface area contributed by atoms with E-state index in [9.17, 15) is 4.79 Å². The number of hydrogen-bond acceptors (Lipinski definition) is 4. The molecule has 4 heteroatoms. The third-order valence-electron chi connectivity index (χ3n) is 3.28. The van der Waals surface area contributed by atoms with Gasteiger partial charge in [0.15, 0.2) is 0 Å². The van der Waals surface area contributed by atoms with E-state index in [1.54, 1.807) is 11.3 Å². The average Bonchev–Trinajstić information content (AvgIpc) is 2.91. The van der Waals surface area contributed by atoms with Gasteiger partial charge in [0.25, 0.3) is 0 Å². The number of esters is 1. The fourth-order valence-electron chi connectivity index (χ4n) is 2.22. The molecular weight excluding hydrogens is 270 g/mol. The molecule has 0 bridgehead atoms. The highest BCUT2D eigenvalue weighted by Gasteiger charge is 2.24. The summed E-state index contributed by atoms with van der Waals surface area (Å²) in [6.45, 7) is 4.15. The van der Waals surface area contributed by atoms with Crippen molar-refractivity contribution in [3.8, 4) is 0 Å². The van der Waals surface area contributed by atoms with Crippen molar-refractivity contribution in [1.29, 1.82) is 0 Å². The minimum atomic E-state index is -0.447. The zero-order valence-corrected chi connectivity index (χ0v) is 12.7. The number of rotatable bonds is 5. The summed E-state index contributed by atoms with van der Waals surface area (Å²) in [6, 6.07) is 11.4. The second-order valence-electron chi connectivity index (χ2n) is 4.72. The van der Waals surface area contributed by atoms with Gasteiger partial charge in [0.1, 0.15) is 6.04 Å². The first-order valence-electron chi connectivity index (χ1n) is 6.56. The highest BCUT2D eigenvalue weighted by molar-refractivity contribution is 7.10. The van der Waals surface area contributed by atoms with Crippen LogP contribution in [0.4, 0.5) is 0 Å². The Morgan fingerprint density at radius 3 is 2.50 bits per heavy atom. The minimum Gasteiger partial charge on any atom is -0.468 e. The molecule has 2 rings (SSSR count). The van der Waals surface area contributed by atoms with Gasteiger partial charge in [-0.1, -0.05) is 30.3 Å². The summed E-state index contributed by atoms with van der Waals surface area (Å²) in [7, 11) is 1.42. The van der Waals surface area contributed by atoms with E-state index in [2.05, 4.69) is 30.6 Å². The first-order valence-corrected chi connectivity index (χ1v) is 7.44. The lowest BCUT2D eigenvalue weighted by Gasteiger charge is -2.21. The topological polar surface area (TPSA) is 38.3 Å². The van der Waals surface area contributed by atoms with Crippen molar-refractivity contribution in [3.05, 3.63) is 57.8 Å². The fourth-order valence-corrected chi connectivity index (χ4v) is 3.16. The third-order valence-corrected chi connectivity index (χ3v) is 4.48. The molecule has 0 fully saturated rings. The molecule has 106 valence electrons. The Kier molecular flexibility index (Phi) is 4.93. The van der Waals surface area contributed by atoms with Crippen molar-refractivity contribution in [2.75, 3.05) is 7.11 Å². The second-order valence-corrected chi connectivity index (χ2v) is 5.67. The molecule has 3 nitrogen and oxygen atoms in total. The van der Waals surface area contributed by atoms with Gasteiger partial charge in [-0.2, -0.15) is 0 Å². The number of ether oxygens (including phenoxy) is 1. The minimum absolute atomic E-state index is 0.0966. The molecule has 0 saturated heterocycles. The van der Waals surface area contributed by atoms with E-state index in [0.29, 0.717) is 0 Å². The number of nitrogens with one attached hydrogen (secondary N) is 1. The normalized spacial score (nSPS) is 13.8. The van der Waals surface area contributed by atoms with Crippen molar-refractivity contribution < 1.29 is 9.53 Å². The number of hydrogen-bond donors (Lipinski definition) is 1. The maximum atomic E-state index is 12.0. The monoisotopic (exact) mass is 289 g/mol. The van der Waals surface area contributed by atoms with Gasteiger partial charge in [0.2, 0.25) is 0 Å². The lowest BCUT2D eigenvalue weighted by molar-refractivity contribution is -0.143. The Labute approximate surface area is 123 Å². The maximum Gasteiger partial charge on any atom is 0.327 e. The molecular formula is C16H19NO2S. The summed E-state index contributed by atoms with van der Waals surface area (Å²) in [4.78, 5) is 13.3. The summed E-state index contributed by atoms with van der Waals surface area (Å²) in [6.07, 6.45) is 0. The number of methoxy groups -OCH3 is 1. The number of benzene rings is 1. The fraction of sp³-hybridized carbons (Fsp3) is 0.312. The van der Waals surface area contributed by atoms with E-state index >= 15 is 0 Å². The molecule has 1 aromatic carbocycles. The van der Waals surface area contributed by atoms with E-state index < -0.39 is 6.04 Å². The molecule has 0 aliphatic heterocycles. The average molecular weight is 289 g/mol. The summed E-state index contributed by atoms with van der Waals surface area (Å²) in [5.74, 6) is -0.266. The lowest BCUT2D eigenvalue weighted by Crippen LogP contribution is -2.31. The van der Waals surface area contributed by atoms with Crippen molar-refractivity contribution in [2.45, 2.75) is 25.9 Å². The Balaban J connectivity index is 2.21. The van der Waals surface area contributed by atoms with Crippen LogP contribution in [-0.4, -0.2) is 13.1 Å². The standard InChI is InChI=1S/C16H19NO2S/c1-11-9-10-20-15(11)12(2)17-14(16(18)19-3)13-7-5-4-6-8-13/h4-10,12,14,17H,1-3H3. The zero-order chi connectivity index (χ0) is 14.5. The Morgan fingerprint density at radius 1 is 1.25 bits per heavy atom. The van der Waals surface area contributed by atoms with Crippen LogP contribution in [0.3, 0.4) is 0 Å². The van der Waals surface area contributed by atoms with Crippen LogP contribution in [0, 0.1) is 6.92 Å². The van der Waals surface area contributed by atoms with Crippen molar-refractivity contribution in [2.24, 2.45) is 0 Å². The third kappa shape index (κ3) is 3.26. The lowest BCUT2D eigenvalue weighted by atomic mass is 10.1. The summed E-state index contributed by atoms with van der Waals surface area (Å²) in [5, 5.41) is 5.43. The summed E-state index contributed by atoms with van der Waals surface area (Å²) < 4.78 is 4.92. The molecule has 0 saturated carbocycles. The second kappa shape index (κ2) is 6.68. The van der Waals surface area contributed by atoms with E-state index in [-0.39, 0.29) is 12.0 Å². The number of aryl methyl sites for hydroxylation is 1. The SMILES string of the molecule is COC(=O)C(NC(C)c1sccc1C)c1ccccc1. The van der Waals surface area contributed by atoms with Crippen LogP contribution in [0.15, 0.2) is 41.8 Å². The number of carbonyl (C=O) groups is 1. The highest BCUT2D eigenvalue weighted by Crippen LogP contribution is 2.26. The maximum absolute atomic E-state index is 12.0. The van der Waals surface area contributed by atoms with Crippen molar-refractivity contribution in [3.63, 3.8) is 0 Å². The molecule has 1 aromatic heterocycles. The van der Waals surface area contributed by atoms with Crippen LogP contribution in [0.1, 0.15) is 35.0 Å². The molecule has 0 aliphatic carbocycles. The molecule has 0 aliphatic rings. The van der Waals surface area contributed by atoms with Gasteiger partial charge < -0.3 is 4.74 Å². The molecule has 2 unspecified atom stereocenters. The van der Waals surface area contributed by atoms with E-state index in [1.165, 1.54) is 17.6 Å². The van der Waals surface area contributed by atoms with Crippen LogP contribution in [0.25, 0.3) is 0 Å². The molecule has 1 heterocycles. The van der Waals surface area contributed by atoms with Crippen molar-refractivity contribution in [1.82, 2.24) is 5.32 Å². The quantitative estimate of drug-likeness (QED) is 0.854. The Hall–Kier alpha value is -1.65. The highest BCUT2D eigenvalue weighted by atomic mass is 32.1. The molecule has 2 atom stereocenters. The van der Waals surface area contributed by atoms with Gasteiger partial charge in [-0.25, -0.2) is 4.79 Å². The van der Waals surface area contributed by atoms with Gasteiger partial charge in [-0.15, -0.1) is 11.3 Å². The van der Waals surface area contributed by atoms with Gasteiger partial charge in [0, 0.05) is 10.9 Å². The molecule has 0 spiro atoms. The first-order chi connectivity index (χ1) is 9.63. The smallest absolute Gasteiger partial charge is 0.327 e. The van der Waals surface area contributed by atoms with Gasteiger partial charge in [-0.3, -0.25) is 5.32 Å². The molecule has 1 N–H and O–H groups in total. The van der Waals surface area contributed by atoms with Gasteiger partial charge >= 0.3 is 5.97 Å². The number of carbonyl (C=O) groups excluding carboxylic acids is 1. The van der Waals surface area contributed by atoms with Crippen LogP contribution >= 0.6 is 11.3 Å². The summed E-state index contributed by atoms with van der Waals surface area (Å²) in [5.41, 5.74) is 2.16. The van der Waals surface area contributed by atoms with Crippen LogP contribution in [0.5, 0.6) is 0 Å². The Morgan fingerprint density at radius 2 is 1.95 bits per heavy atom. The first kappa shape index (κ1) is 14.8. The molecule has 0 amide bonds. The summed E-state index contributed by atoms with van der Waals surface area (Å²) >= 11 is 1.70. The van der Waals surface area contributed by atoms with Crippen molar-refractivity contribution >= 4 is 17.3 Å². The molecule has 2 aromatic rings. The van der Waals surface area contributed by atoms with Crippen LogP contribution in [-0.2, 0) is 9.53 Å². The number of thiophene rings is 1. The Bertz CT molecular complexity index is 565. The van der Waals surface area contributed by atoms with Gasteiger partial charge in [0.05, 0.1) is 7.11 Å². The van der Waals surface area contributed by atoms with Crippen LogP contribution in [0.2, 0.25) is 0 Å². The zero-order valence-electron chi connectivity index (χ0n) is 11.9. The largest absolute Gasteiger partial charge is 0.468 e. The molecule has 0 radical (unpaired) electrons. The van der Waals surface area contributed by atoms with E-state index in [1.807, 2.05) is 30.3 Å².